The molecule has 0 aromatic heterocycles. The Balaban J connectivity index is 2.14. The molecule has 2 aliphatic heterocycles. The van der Waals surface area contributed by atoms with E-state index < -0.39 is 10.8 Å². The number of methoxy groups -OCH3 is 2. The van der Waals surface area contributed by atoms with Crippen LogP contribution in [-0.4, -0.2) is 39.2 Å². The molecule has 0 aromatic carbocycles. The Morgan fingerprint density at radius 2 is 1.40 bits per heavy atom. The molecule has 1 N–H and O–H groups in total. The molecule has 0 atom stereocenters. The predicted octanol–water partition coefficient (Wildman–Crippen LogP) is -0.298. The number of carbonyl (C=O) groups excluding carboxylic acids is 2. The average molecular weight is 213 g/mol. The summed E-state index contributed by atoms with van der Waals surface area (Å²) in [4.78, 5) is 23.1. The van der Waals surface area contributed by atoms with Crippen LogP contribution in [0.4, 0.5) is 0 Å². The van der Waals surface area contributed by atoms with Crippen molar-refractivity contribution in [1.29, 1.82) is 0 Å². The molecule has 0 spiro atoms. The second kappa shape index (κ2) is 3.20. The first-order valence-electron chi connectivity index (χ1n) is 4.96. The van der Waals surface area contributed by atoms with E-state index in [4.69, 9.17) is 9.47 Å². The third-order valence-corrected chi connectivity index (χ3v) is 3.52. The third kappa shape index (κ3) is 1.26. The molecule has 15 heavy (non-hydrogen) atoms. The van der Waals surface area contributed by atoms with Gasteiger partial charge in [-0.2, -0.15) is 0 Å². The van der Waals surface area contributed by atoms with E-state index >= 15 is 0 Å². The van der Waals surface area contributed by atoms with E-state index in [1.165, 1.54) is 14.2 Å². The van der Waals surface area contributed by atoms with Gasteiger partial charge in [-0.1, -0.05) is 0 Å². The summed E-state index contributed by atoms with van der Waals surface area (Å²) in [6.45, 7) is 1.19. The fourth-order valence-corrected chi connectivity index (χ4v) is 2.90. The number of piperidine rings is 2. The van der Waals surface area contributed by atoms with Crippen LogP contribution in [0.1, 0.15) is 12.8 Å². The summed E-state index contributed by atoms with van der Waals surface area (Å²) in [6.07, 6.45) is 1.10. The molecule has 5 nitrogen and oxygen atoms in total. The van der Waals surface area contributed by atoms with Crippen LogP contribution in [0.25, 0.3) is 0 Å². The van der Waals surface area contributed by atoms with Crippen LogP contribution in [0.2, 0.25) is 0 Å². The van der Waals surface area contributed by atoms with Crippen molar-refractivity contribution in [1.82, 2.24) is 5.32 Å². The molecule has 5 heteroatoms. The quantitative estimate of drug-likeness (QED) is 0.638. The number of fused-ring (bicyclic) bond motifs is 2. The maximum absolute atomic E-state index is 11.6. The first-order valence-corrected chi connectivity index (χ1v) is 4.96. The van der Waals surface area contributed by atoms with Gasteiger partial charge in [0.25, 0.3) is 0 Å². The van der Waals surface area contributed by atoms with E-state index in [-0.39, 0.29) is 11.9 Å². The molecular formula is C10H15NO4. The first-order chi connectivity index (χ1) is 7.08. The van der Waals surface area contributed by atoms with Crippen LogP contribution in [0.3, 0.4) is 0 Å². The van der Waals surface area contributed by atoms with E-state index in [9.17, 15) is 9.59 Å². The number of ether oxygens (including phenoxy) is 2. The summed E-state index contributed by atoms with van der Waals surface area (Å²) >= 11 is 0. The van der Waals surface area contributed by atoms with E-state index in [1.54, 1.807) is 0 Å². The average Bonchev–Trinajstić information content (AvgIpc) is 2.26. The summed E-state index contributed by atoms with van der Waals surface area (Å²) < 4.78 is 9.52. The zero-order valence-electron chi connectivity index (χ0n) is 8.96. The second-order valence-electron chi connectivity index (χ2n) is 4.50. The molecule has 0 aromatic rings. The smallest absolute Gasteiger partial charge is 0.313 e. The van der Waals surface area contributed by atoms with Crippen LogP contribution < -0.4 is 5.32 Å². The maximum atomic E-state index is 11.6. The van der Waals surface area contributed by atoms with Gasteiger partial charge in [0.1, 0.15) is 0 Å². The van der Waals surface area contributed by atoms with Crippen molar-refractivity contribution in [2.24, 2.45) is 10.8 Å². The highest BCUT2D eigenvalue weighted by Gasteiger charge is 2.66. The molecule has 84 valence electrons. The molecule has 2 bridgehead atoms. The highest BCUT2D eigenvalue weighted by atomic mass is 16.5. The van der Waals surface area contributed by atoms with Crippen LogP contribution in [0.5, 0.6) is 0 Å². The van der Waals surface area contributed by atoms with Gasteiger partial charge in [-0.15, -0.1) is 0 Å². The first kappa shape index (κ1) is 10.4. The standard InChI is InChI=1S/C10H15NO4/c1-14-7(12)9-3-10(4-9,6-11-5-9)8(13)15-2/h11H,3-6H2,1-2H3. The van der Waals surface area contributed by atoms with Crippen LogP contribution in [-0.2, 0) is 19.1 Å². The Bertz CT molecular complexity index is 279. The Morgan fingerprint density at radius 1 is 1.00 bits per heavy atom. The Hall–Kier alpha value is -1.10. The van der Waals surface area contributed by atoms with Gasteiger partial charge in [-0.05, 0) is 12.8 Å². The monoisotopic (exact) mass is 213 g/mol. The van der Waals surface area contributed by atoms with Gasteiger partial charge in [0.05, 0.1) is 25.0 Å². The zero-order valence-corrected chi connectivity index (χ0v) is 8.96. The lowest BCUT2D eigenvalue weighted by Gasteiger charge is -2.56. The lowest BCUT2D eigenvalue weighted by atomic mass is 9.50. The number of rotatable bonds is 2. The predicted molar refractivity (Wildman–Crippen MR) is 51.0 cm³/mol. The van der Waals surface area contributed by atoms with Crippen molar-refractivity contribution in [3.8, 4) is 0 Å². The van der Waals surface area contributed by atoms with Gasteiger partial charge in [-0.3, -0.25) is 9.59 Å². The summed E-state index contributed by atoms with van der Waals surface area (Å²) in [6, 6.07) is 0. The SMILES string of the molecule is COC(=O)C12CNCC(C(=O)OC)(C1)C2. The van der Waals surface area contributed by atoms with Crippen molar-refractivity contribution in [2.75, 3.05) is 27.3 Å². The third-order valence-electron chi connectivity index (χ3n) is 3.52. The number of hydrogen-bond acceptors (Lipinski definition) is 5. The molecule has 3 fully saturated rings. The Labute approximate surface area is 88.1 Å². The Morgan fingerprint density at radius 3 is 1.73 bits per heavy atom. The van der Waals surface area contributed by atoms with Gasteiger partial charge >= 0.3 is 11.9 Å². The van der Waals surface area contributed by atoms with Crippen LogP contribution in [0.15, 0.2) is 0 Å². The van der Waals surface area contributed by atoms with Crippen LogP contribution in [0, 0.1) is 10.8 Å². The van der Waals surface area contributed by atoms with Crippen molar-refractivity contribution in [2.45, 2.75) is 12.8 Å². The fraction of sp³-hybridized carbons (Fsp3) is 0.800. The normalized spacial score (nSPS) is 37.7. The number of hydrogen-bond donors (Lipinski definition) is 1. The molecule has 0 amide bonds. The minimum absolute atomic E-state index is 0.228. The molecule has 0 unspecified atom stereocenters. The molecule has 3 aliphatic rings. The maximum Gasteiger partial charge on any atom is 0.313 e. The summed E-state index contributed by atoms with van der Waals surface area (Å²) in [5.74, 6) is -0.455. The van der Waals surface area contributed by atoms with Crippen molar-refractivity contribution in [3.05, 3.63) is 0 Å². The Kier molecular flexibility index (Phi) is 2.22. The topological polar surface area (TPSA) is 64.6 Å². The van der Waals surface area contributed by atoms with E-state index in [0.29, 0.717) is 25.9 Å². The molecule has 1 saturated carbocycles. The number of carbonyl (C=O) groups is 2. The van der Waals surface area contributed by atoms with E-state index in [1.807, 2.05) is 0 Å². The molecule has 2 saturated heterocycles. The van der Waals surface area contributed by atoms with Crippen molar-refractivity contribution in [3.63, 3.8) is 0 Å². The van der Waals surface area contributed by atoms with Crippen molar-refractivity contribution < 1.29 is 19.1 Å². The molecule has 0 radical (unpaired) electrons. The second-order valence-corrected chi connectivity index (χ2v) is 4.50. The van der Waals surface area contributed by atoms with Gasteiger partial charge in [-0.25, -0.2) is 0 Å². The zero-order chi connectivity index (χ0) is 11.1. The number of esters is 2. The van der Waals surface area contributed by atoms with E-state index in [2.05, 4.69) is 5.32 Å². The molecule has 2 heterocycles. The van der Waals surface area contributed by atoms with Gasteiger partial charge in [0, 0.05) is 13.1 Å². The van der Waals surface area contributed by atoms with Crippen LogP contribution >= 0.6 is 0 Å². The highest BCUT2D eigenvalue weighted by Crippen LogP contribution is 2.57. The summed E-state index contributed by atoms with van der Waals surface area (Å²) in [5, 5.41) is 3.09. The fourth-order valence-electron chi connectivity index (χ4n) is 2.90. The lowest BCUT2D eigenvalue weighted by Crippen LogP contribution is -2.68. The highest BCUT2D eigenvalue weighted by molar-refractivity contribution is 5.86. The van der Waals surface area contributed by atoms with Gasteiger partial charge in [0.15, 0.2) is 0 Å². The number of nitrogens with one attached hydrogen (secondary N) is 1. The minimum Gasteiger partial charge on any atom is -0.469 e. The molecule has 1 aliphatic carbocycles. The molecule has 3 rings (SSSR count). The van der Waals surface area contributed by atoms with E-state index in [0.717, 1.165) is 0 Å². The van der Waals surface area contributed by atoms with Gasteiger partial charge in [0.2, 0.25) is 0 Å². The van der Waals surface area contributed by atoms with Crippen molar-refractivity contribution >= 4 is 11.9 Å². The molecular weight excluding hydrogens is 198 g/mol. The summed E-state index contributed by atoms with van der Waals surface area (Å²) in [7, 11) is 2.76. The lowest BCUT2D eigenvalue weighted by molar-refractivity contribution is -0.190. The minimum atomic E-state index is -0.499. The largest absolute Gasteiger partial charge is 0.469 e. The van der Waals surface area contributed by atoms with Gasteiger partial charge < -0.3 is 14.8 Å². The summed E-state index contributed by atoms with van der Waals surface area (Å²) in [5.41, 5.74) is -0.998.